The zero-order valence-electron chi connectivity index (χ0n) is 17.1. The van der Waals surface area contributed by atoms with E-state index < -0.39 is 6.61 Å². The summed E-state index contributed by atoms with van der Waals surface area (Å²) in [5.41, 5.74) is 1.61. The normalized spacial score (nSPS) is 15.1. The van der Waals surface area contributed by atoms with Crippen molar-refractivity contribution in [2.24, 2.45) is 4.99 Å². The van der Waals surface area contributed by atoms with Crippen LogP contribution < -0.4 is 15.4 Å². The number of nitrogens with zero attached hydrogens (tertiary/aromatic N) is 3. The van der Waals surface area contributed by atoms with Gasteiger partial charge in [0.15, 0.2) is 5.96 Å². The van der Waals surface area contributed by atoms with Crippen molar-refractivity contribution in [3.63, 3.8) is 0 Å². The van der Waals surface area contributed by atoms with E-state index in [-0.39, 0.29) is 35.6 Å². The lowest BCUT2D eigenvalue weighted by atomic mass is 10.1. The molecule has 1 aliphatic rings. The largest absolute Gasteiger partial charge is 0.434 e. The Hall–Kier alpha value is -1.69. The third-order valence-corrected chi connectivity index (χ3v) is 4.64. The van der Waals surface area contributed by atoms with Crippen molar-refractivity contribution in [2.75, 3.05) is 46.3 Å². The van der Waals surface area contributed by atoms with Gasteiger partial charge in [0, 0.05) is 65.3 Å². The fraction of sp³-hybridized carbons (Fsp3) is 0.579. The minimum absolute atomic E-state index is 0. The van der Waals surface area contributed by atoms with Crippen LogP contribution in [0.1, 0.15) is 18.1 Å². The van der Waals surface area contributed by atoms with E-state index in [4.69, 9.17) is 0 Å². The van der Waals surface area contributed by atoms with Crippen molar-refractivity contribution in [2.45, 2.75) is 27.0 Å². The SMILES string of the molecule is CN=C(NCCN1CCN(C(C)=O)CC1)NCc1cc(C)ccc1OC(F)F.I. The number of alkyl halides is 2. The third kappa shape index (κ3) is 8.69. The highest BCUT2D eigenvalue weighted by molar-refractivity contribution is 14.0. The second-order valence-electron chi connectivity index (χ2n) is 6.69. The lowest BCUT2D eigenvalue weighted by Crippen LogP contribution is -2.50. The summed E-state index contributed by atoms with van der Waals surface area (Å²) < 4.78 is 29.7. The number of halogens is 3. The van der Waals surface area contributed by atoms with E-state index in [2.05, 4.69) is 25.3 Å². The second kappa shape index (κ2) is 12.8. The summed E-state index contributed by atoms with van der Waals surface area (Å²) in [6.07, 6.45) is 0. The van der Waals surface area contributed by atoms with Crippen LogP contribution >= 0.6 is 24.0 Å². The quantitative estimate of drug-likeness (QED) is 0.324. The van der Waals surface area contributed by atoms with E-state index in [0.717, 1.165) is 38.3 Å². The Morgan fingerprint density at radius 3 is 2.52 bits per heavy atom. The van der Waals surface area contributed by atoms with E-state index in [1.165, 1.54) is 0 Å². The summed E-state index contributed by atoms with van der Waals surface area (Å²) in [5.74, 6) is 0.868. The van der Waals surface area contributed by atoms with E-state index >= 15 is 0 Å². The number of guanidine groups is 1. The van der Waals surface area contributed by atoms with Gasteiger partial charge in [-0.05, 0) is 13.0 Å². The average molecular weight is 525 g/mol. The Morgan fingerprint density at radius 1 is 1.24 bits per heavy atom. The molecule has 0 radical (unpaired) electrons. The van der Waals surface area contributed by atoms with Crippen LogP contribution in [0.3, 0.4) is 0 Å². The number of ether oxygens (including phenoxy) is 1. The summed E-state index contributed by atoms with van der Waals surface area (Å²) in [7, 11) is 1.66. The van der Waals surface area contributed by atoms with Gasteiger partial charge in [-0.15, -0.1) is 24.0 Å². The molecule has 0 unspecified atom stereocenters. The monoisotopic (exact) mass is 525 g/mol. The first-order valence-corrected chi connectivity index (χ1v) is 9.35. The molecule has 7 nitrogen and oxygen atoms in total. The number of benzene rings is 1. The van der Waals surface area contributed by atoms with Gasteiger partial charge in [0.25, 0.3) is 0 Å². The third-order valence-electron chi connectivity index (χ3n) is 4.64. The molecule has 1 aromatic rings. The zero-order valence-corrected chi connectivity index (χ0v) is 19.4. The zero-order chi connectivity index (χ0) is 20.5. The van der Waals surface area contributed by atoms with Crippen LogP contribution in [0.4, 0.5) is 8.78 Å². The van der Waals surface area contributed by atoms with Crippen LogP contribution in [-0.2, 0) is 11.3 Å². The molecule has 1 amide bonds. The number of carbonyl (C=O) groups excluding carboxylic acids is 1. The molecule has 1 heterocycles. The van der Waals surface area contributed by atoms with Crippen molar-refractivity contribution in [3.8, 4) is 5.75 Å². The smallest absolute Gasteiger partial charge is 0.387 e. The van der Waals surface area contributed by atoms with Crippen LogP contribution in [0.5, 0.6) is 5.75 Å². The molecule has 1 aromatic carbocycles. The minimum Gasteiger partial charge on any atom is -0.434 e. The molecule has 0 bridgehead atoms. The molecule has 2 N–H and O–H groups in total. The summed E-state index contributed by atoms with van der Waals surface area (Å²) >= 11 is 0. The Morgan fingerprint density at radius 2 is 1.93 bits per heavy atom. The van der Waals surface area contributed by atoms with Crippen LogP contribution in [0.15, 0.2) is 23.2 Å². The molecule has 0 saturated carbocycles. The van der Waals surface area contributed by atoms with Crippen LogP contribution in [0.2, 0.25) is 0 Å². The van der Waals surface area contributed by atoms with Gasteiger partial charge in [-0.25, -0.2) is 0 Å². The predicted octanol–water partition coefficient (Wildman–Crippen LogP) is 2.04. The summed E-state index contributed by atoms with van der Waals surface area (Å²) in [5, 5.41) is 6.35. The van der Waals surface area contributed by atoms with Gasteiger partial charge in [-0.2, -0.15) is 8.78 Å². The number of aliphatic imine (C=N–C) groups is 1. The Kier molecular flexibility index (Phi) is 11.2. The first-order valence-electron chi connectivity index (χ1n) is 9.35. The Balaban J connectivity index is 0.00000420. The average Bonchev–Trinajstić information content (AvgIpc) is 2.66. The van der Waals surface area contributed by atoms with Gasteiger partial charge in [0.1, 0.15) is 5.75 Å². The van der Waals surface area contributed by atoms with Crippen molar-refractivity contribution in [1.82, 2.24) is 20.4 Å². The Labute approximate surface area is 187 Å². The number of piperazine rings is 1. The number of amides is 1. The molecule has 1 saturated heterocycles. The topological polar surface area (TPSA) is 69.2 Å². The molecule has 2 rings (SSSR count). The first-order chi connectivity index (χ1) is 13.4. The molecule has 1 aliphatic heterocycles. The maximum Gasteiger partial charge on any atom is 0.387 e. The number of aryl methyl sites for hydroxylation is 1. The highest BCUT2D eigenvalue weighted by Gasteiger charge is 2.18. The molecular weight excluding hydrogens is 495 g/mol. The summed E-state index contributed by atoms with van der Waals surface area (Å²) in [4.78, 5) is 19.7. The lowest BCUT2D eigenvalue weighted by Gasteiger charge is -2.34. The summed E-state index contributed by atoms with van der Waals surface area (Å²) in [6.45, 7) is 5.68. The van der Waals surface area contributed by atoms with Crippen molar-refractivity contribution >= 4 is 35.8 Å². The number of hydrogen-bond acceptors (Lipinski definition) is 4. The van der Waals surface area contributed by atoms with E-state index in [0.29, 0.717) is 24.6 Å². The van der Waals surface area contributed by atoms with Crippen molar-refractivity contribution < 1.29 is 18.3 Å². The molecule has 164 valence electrons. The van der Waals surface area contributed by atoms with Crippen LogP contribution in [-0.4, -0.2) is 74.6 Å². The molecule has 0 aliphatic carbocycles. The van der Waals surface area contributed by atoms with Gasteiger partial charge in [-0.3, -0.25) is 14.7 Å². The number of carbonyl (C=O) groups is 1. The molecule has 10 heteroatoms. The van der Waals surface area contributed by atoms with E-state index in [1.807, 2.05) is 17.9 Å². The highest BCUT2D eigenvalue weighted by Crippen LogP contribution is 2.21. The maximum absolute atomic E-state index is 12.6. The van der Waals surface area contributed by atoms with Gasteiger partial charge in [0.05, 0.1) is 0 Å². The standard InChI is InChI=1S/C19H29F2N5O2.HI/c1-14-4-5-17(28-18(20)21)16(12-14)13-24-19(22-3)23-6-7-25-8-10-26(11-9-25)15(2)27;/h4-5,12,18H,6-11,13H2,1-3H3,(H2,22,23,24);1H. The van der Waals surface area contributed by atoms with Crippen molar-refractivity contribution in [1.29, 1.82) is 0 Å². The number of rotatable bonds is 7. The number of hydrogen-bond donors (Lipinski definition) is 2. The molecule has 29 heavy (non-hydrogen) atoms. The molecule has 0 atom stereocenters. The highest BCUT2D eigenvalue weighted by atomic mass is 127. The fourth-order valence-corrected chi connectivity index (χ4v) is 3.08. The van der Waals surface area contributed by atoms with E-state index in [9.17, 15) is 13.6 Å². The molecular formula is C19H30F2IN5O2. The van der Waals surface area contributed by atoms with Gasteiger partial charge in [-0.1, -0.05) is 17.7 Å². The first kappa shape index (κ1) is 25.3. The maximum atomic E-state index is 12.6. The van der Waals surface area contributed by atoms with Crippen LogP contribution in [0.25, 0.3) is 0 Å². The van der Waals surface area contributed by atoms with E-state index in [1.54, 1.807) is 26.1 Å². The fourth-order valence-electron chi connectivity index (χ4n) is 3.08. The van der Waals surface area contributed by atoms with Gasteiger partial charge >= 0.3 is 6.61 Å². The minimum atomic E-state index is -2.86. The second-order valence-corrected chi connectivity index (χ2v) is 6.69. The number of nitrogens with one attached hydrogen (secondary N) is 2. The predicted molar refractivity (Wildman–Crippen MR) is 120 cm³/mol. The molecule has 0 spiro atoms. The van der Waals surface area contributed by atoms with Crippen molar-refractivity contribution in [3.05, 3.63) is 29.3 Å². The Bertz CT molecular complexity index is 683. The summed E-state index contributed by atoms with van der Waals surface area (Å²) in [6, 6.07) is 5.10. The molecule has 0 aromatic heterocycles. The van der Waals surface area contributed by atoms with Gasteiger partial charge in [0.2, 0.25) is 5.91 Å². The molecule has 1 fully saturated rings. The van der Waals surface area contributed by atoms with Gasteiger partial charge < -0.3 is 20.3 Å². The lowest BCUT2D eigenvalue weighted by molar-refractivity contribution is -0.130. The van der Waals surface area contributed by atoms with Crippen LogP contribution in [0, 0.1) is 6.92 Å².